The van der Waals surface area contributed by atoms with Gasteiger partial charge in [-0.1, -0.05) is 12.1 Å². The molecule has 1 aromatic carbocycles. The van der Waals surface area contributed by atoms with Crippen LogP contribution in [0.5, 0.6) is 0 Å². The lowest BCUT2D eigenvalue weighted by Crippen LogP contribution is -2.11. The van der Waals surface area contributed by atoms with Crippen molar-refractivity contribution in [3.8, 4) is 0 Å². The highest BCUT2D eigenvalue weighted by molar-refractivity contribution is 6.17. The number of hydrogen-bond acceptors (Lipinski definition) is 3. The van der Waals surface area contributed by atoms with Gasteiger partial charge in [-0.25, -0.2) is 9.67 Å². The molecule has 0 radical (unpaired) electrons. The number of halogens is 1. The molecule has 0 bridgehead atoms. The Kier molecular flexibility index (Phi) is 4.20. The molecule has 96 valence electrons. The third-order valence-corrected chi connectivity index (χ3v) is 3.00. The summed E-state index contributed by atoms with van der Waals surface area (Å²) in [5.41, 5.74) is 2.18. The third kappa shape index (κ3) is 3.01. The quantitative estimate of drug-likeness (QED) is 0.844. The van der Waals surface area contributed by atoms with E-state index in [1.807, 2.05) is 28.9 Å². The molecule has 0 aliphatic rings. The van der Waals surface area contributed by atoms with Gasteiger partial charge in [-0.3, -0.25) is 0 Å². The number of aromatic nitrogens is 3. The molecule has 0 saturated carbocycles. The number of rotatable bonds is 5. The molecule has 2 rings (SSSR count). The van der Waals surface area contributed by atoms with Gasteiger partial charge < -0.3 is 5.32 Å². The number of anilines is 1. The average Bonchev–Trinajstić information content (AvgIpc) is 2.85. The summed E-state index contributed by atoms with van der Waals surface area (Å²) in [7, 11) is 0. The van der Waals surface area contributed by atoms with Gasteiger partial charge in [-0.05, 0) is 31.5 Å². The van der Waals surface area contributed by atoms with Gasteiger partial charge in [0.2, 0.25) is 0 Å². The Hall–Kier alpha value is -1.55. The number of hydrogen-bond donors (Lipinski definition) is 1. The second-order valence-electron chi connectivity index (χ2n) is 4.40. The van der Waals surface area contributed by atoms with Gasteiger partial charge in [0.05, 0.1) is 6.54 Å². The van der Waals surface area contributed by atoms with Crippen LogP contribution < -0.4 is 5.32 Å². The summed E-state index contributed by atoms with van der Waals surface area (Å²) in [6, 6.07) is 8.40. The highest BCUT2D eigenvalue weighted by Gasteiger charge is 2.06. The summed E-state index contributed by atoms with van der Waals surface area (Å²) in [5, 5.41) is 7.53. The zero-order valence-corrected chi connectivity index (χ0v) is 11.4. The van der Waals surface area contributed by atoms with E-state index in [4.69, 9.17) is 11.6 Å². The van der Waals surface area contributed by atoms with Gasteiger partial charge in [0.25, 0.3) is 0 Å². The first-order valence-electron chi connectivity index (χ1n) is 5.98. The van der Waals surface area contributed by atoms with Crippen molar-refractivity contribution in [2.24, 2.45) is 0 Å². The molecule has 4 nitrogen and oxygen atoms in total. The zero-order chi connectivity index (χ0) is 13.0. The van der Waals surface area contributed by atoms with Crippen LogP contribution in [-0.4, -0.2) is 14.8 Å². The average molecular weight is 265 g/mol. The number of alkyl halides is 1. The molecule has 0 amide bonds. The highest BCUT2D eigenvalue weighted by atomic mass is 35.5. The Balaban J connectivity index is 2.00. The van der Waals surface area contributed by atoms with Crippen LogP contribution in [0.1, 0.15) is 31.3 Å². The maximum absolute atomic E-state index is 5.75. The van der Waals surface area contributed by atoms with Crippen LogP contribution in [-0.2, 0) is 12.4 Å². The molecule has 0 aliphatic heterocycles. The van der Waals surface area contributed by atoms with E-state index in [9.17, 15) is 0 Å². The molecule has 0 spiro atoms. The van der Waals surface area contributed by atoms with Crippen LogP contribution in [0.3, 0.4) is 0 Å². The van der Waals surface area contributed by atoms with Crippen molar-refractivity contribution in [1.29, 1.82) is 0 Å². The lowest BCUT2D eigenvalue weighted by molar-refractivity contribution is 0.509. The Morgan fingerprint density at radius 1 is 1.28 bits per heavy atom. The predicted molar refractivity (Wildman–Crippen MR) is 73.7 cm³/mol. The van der Waals surface area contributed by atoms with Crippen molar-refractivity contribution in [2.45, 2.75) is 32.3 Å². The molecule has 5 heteroatoms. The fourth-order valence-corrected chi connectivity index (χ4v) is 1.90. The minimum Gasteiger partial charge on any atom is -0.378 e. The molecule has 0 atom stereocenters. The summed E-state index contributed by atoms with van der Waals surface area (Å²) >= 11 is 5.75. The molecule has 0 aliphatic carbocycles. The Morgan fingerprint density at radius 3 is 2.61 bits per heavy atom. The van der Waals surface area contributed by atoms with Gasteiger partial charge in [0.1, 0.15) is 12.2 Å². The minimum absolute atomic E-state index is 0.322. The highest BCUT2D eigenvalue weighted by Crippen LogP contribution is 2.13. The molecule has 2 aromatic rings. The van der Waals surface area contributed by atoms with Gasteiger partial charge in [0, 0.05) is 17.6 Å². The maximum atomic E-state index is 5.75. The topological polar surface area (TPSA) is 42.7 Å². The summed E-state index contributed by atoms with van der Waals surface area (Å²) in [6.45, 7) is 4.85. The first-order valence-corrected chi connectivity index (χ1v) is 6.51. The molecular formula is C13H17ClN4. The molecule has 1 aromatic heterocycles. The largest absolute Gasteiger partial charge is 0.378 e. The number of benzene rings is 1. The monoisotopic (exact) mass is 264 g/mol. The van der Waals surface area contributed by atoms with Gasteiger partial charge >= 0.3 is 0 Å². The summed E-state index contributed by atoms with van der Waals surface area (Å²) in [4.78, 5) is 4.25. The van der Waals surface area contributed by atoms with E-state index < -0.39 is 0 Å². The smallest absolute Gasteiger partial charge is 0.146 e. The SMILES string of the molecule is CC(C)n1ncnc1CNc1ccc(CCl)cc1. The molecule has 1 N–H and O–H groups in total. The normalized spacial score (nSPS) is 10.9. The second kappa shape index (κ2) is 5.87. The van der Waals surface area contributed by atoms with E-state index in [2.05, 4.69) is 29.2 Å². The lowest BCUT2D eigenvalue weighted by Gasteiger charge is -2.11. The second-order valence-corrected chi connectivity index (χ2v) is 4.67. The number of nitrogens with zero attached hydrogens (tertiary/aromatic N) is 3. The van der Waals surface area contributed by atoms with Crippen LogP contribution in [0.15, 0.2) is 30.6 Å². The van der Waals surface area contributed by atoms with Crippen LogP contribution in [0.2, 0.25) is 0 Å². The molecule has 0 fully saturated rings. The zero-order valence-electron chi connectivity index (χ0n) is 10.6. The van der Waals surface area contributed by atoms with E-state index in [-0.39, 0.29) is 0 Å². The Bertz CT molecular complexity index is 490. The van der Waals surface area contributed by atoms with Crippen LogP contribution in [0.25, 0.3) is 0 Å². The van der Waals surface area contributed by atoms with Gasteiger partial charge in [-0.2, -0.15) is 5.10 Å². The van der Waals surface area contributed by atoms with Crippen molar-refractivity contribution in [2.75, 3.05) is 5.32 Å². The van der Waals surface area contributed by atoms with Crippen molar-refractivity contribution in [3.05, 3.63) is 42.0 Å². The maximum Gasteiger partial charge on any atom is 0.146 e. The molecule has 0 unspecified atom stereocenters. The van der Waals surface area contributed by atoms with Gasteiger partial charge in [0.15, 0.2) is 0 Å². The van der Waals surface area contributed by atoms with E-state index in [1.54, 1.807) is 6.33 Å². The summed E-state index contributed by atoms with van der Waals surface area (Å²) < 4.78 is 1.92. The fraction of sp³-hybridized carbons (Fsp3) is 0.385. The van der Waals surface area contributed by atoms with Crippen LogP contribution in [0, 0.1) is 0 Å². The van der Waals surface area contributed by atoms with Crippen molar-refractivity contribution >= 4 is 17.3 Å². The predicted octanol–water partition coefficient (Wildman–Crippen LogP) is 3.21. The fourth-order valence-electron chi connectivity index (χ4n) is 1.72. The van der Waals surface area contributed by atoms with E-state index in [0.29, 0.717) is 18.5 Å². The lowest BCUT2D eigenvalue weighted by atomic mass is 10.2. The first-order chi connectivity index (χ1) is 8.70. The van der Waals surface area contributed by atoms with Gasteiger partial charge in [-0.15, -0.1) is 11.6 Å². The van der Waals surface area contributed by atoms with Crippen LogP contribution >= 0.6 is 11.6 Å². The van der Waals surface area contributed by atoms with E-state index >= 15 is 0 Å². The summed E-state index contributed by atoms with van der Waals surface area (Å²) in [5.74, 6) is 1.48. The van der Waals surface area contributed by atoms with Crippen molar-refractivity contribution < 1.29 is 0 Å². The molecule has 0 saturated heterocycles. The Labute approximate surface area is 112 Å². The molecule has 18 heavy (non-hydrogen) atoms. The minimum atomic E-state index is 0.322. The molecule has 1 heterocycles. The molecular weight excluding hydrogens is 248 g/mol. The summed E-state index contributed by atoms with van der Waals surface area (Å²) in [6.07, 6.45) is 1.59. The van der Waals surface area contributed by atoms with Crippen molar-refractivity contribution in [3.63, 3.8) is 0 Å². The first kappa shape index (κ1) is 12.9. The number of nitrogens with one attached hydrogen (secondary N) is 1. The third-order valence-electron chi connectivity index (χ3n) is 2.70. The van der Waals surface area contributed by atoms with Crippen LogP contribution in [0.4, 0.5) is 5.69 Å². The Morgan fingerprint density at radius 2 is 2.00 bits per heavy atom. The van der Waals surface area contributed by atoms with E-state index in [0.717, 1.165) is 17.1 Å². The van der Waals surface area contributed by atoms with Crippen molar-refractivity contribution in [1.82, 2.24) is 14.8 Å². The standard InChI is InChI=1S/C13H17ClN4/c1-10(2)18-13(16-9-17-18)8-15-12-5-3-11(7-14)4-6-12/h3-6,9-10,15H,7-8H2,1-2H3. The van der Waals surface area contributed by atoms with E-state index in [1.165, 1.54) is 0 Å².